The van der Waals surface area contributed by atoms with E-state index in [0.29, 0.717) is 26.0 Å². The molecule has 15 heavy (non-hydrogen) atoms. The summed E-state index contributed by atoms with van der Waals surface area (Å²) >= 11 is 0. The lowest BCUT2D eigenvalue weighted by Crippen LogP contribution is -2.38. The van der Waals surface area contributed by atoms with Gasteiger partial charge in [-0.05, 0) is 13.3 Å². The highest BCUT2D eigenvalue weighted by molar-refractivity contribution is 5.83. The first-order chi connectivity index (χ1) is 6.90. The summed E-state index contributed by atoms with van der Waals surface area (Å²) in [5.74, 6) is 0.0913. The minimum atomic E-state index is -0.487. The van der Waals surface area contributed by atoms with Gasteiger partial charge in [-0.2, -0.15) is 0 Å². The molecule has 0 rings (SSSR count). The van der Waals surface area contributed by atoms with Crippen molar-refractivity contribution < 1.29 is 14.3 Å². The van der Waals surface area contributed by atoms with Crippen LogP contribution in [-0.2, 0) is 14.3 Å². The molecule has 1 amide bonds. The quantitative estimate of drug-likeness (QED) is 0.648. The van der Waals surface area contributed by atoms with E-state index in [1.165, 1.54) is 0 Å². The van der Waals surface area contributed by atoms with Crippen LogP contribution in [0, 0.1) is 5.41 Å². The number of Topliss-reactive ketones (excluding diaryl/α,β-unsaturated/α-hetero) is 1. The molecule has 0 aliphatic rings. The molecule has 4 nitrogen and oxygen atoms in total. The van der Waals surface area contributed by atoms with Crippen LogP contribution in [-0.4, -0.2) is 32.0 Å². The molecule has 0 fully saturated rings. The second-order valence-electron chi connectivity index (χ2n) is 4.33. The molecule has 0 aliphatic carbocycles. The Bertz CT molecular complexity index is 224. The van der Waals surface area contributed by atoms with Crippen molar-refractivity contribution in [2.24, 2.45) is 5.41 Å². The van der Waals surface area contributed by atoms with Crippen molar-refractivity contribution in [1.29, 1.82) is 0 Å². The fourth-order valence-corrected chi connectivity index (χ4v) is 1.11. The normalized spacial score (nSPS) is 11.2. The second kappa shape index (κ2) is 6.56. The van der Waals surface area contributed by atoms with Crippen LogP contribution in [0.3, 0.4) is 0 Å². The van der Waals surface area contributed by atoms with Crippen molar-refractivity contribution in [2.75, 3.05) is 20.3 Å². The van der Waals surface area contributed by atoms with Crippen LogP contribution >= 0.6 is 0 Å². The van der Waals surface area contributed by atoms with Crippen LogP contribution < -0.4 is 5.32 Å². The van der Waals surface area contributed by atoms with Gasteiger partial charge in [-0.3, -0.25) is 4.79 Å². The van der Waals surface area contributed by atoms with Crippen LogP contribution in [0.5, 0.6) is 0 Å². The number of ketones is 1. The average molecular weight is 215 g/mol. The Kier molecular flexibility index (Phi) is 6.17. The number of carbonyl (C=O) groups excluding carboxylic acids is 2. The first kappa shape index (κ1) is 14.1. The Morgan fingerprint density at radius 1 is 1.33 bits per heavy atom. The summed E-state index contributed by atoms with van der Waals surface area (Å²) in [5, 5.41) is 2.77. The zero-order valence-corrected chi connectivity index (χ0v) is 10.1. The SMILES string of the molecule is COCCNC(=O)C(C)(C)CCC(C)=O. The predicted octanol–water partition coefficient (Wildman–Crippen LogP) is 1.14. The third-order valence-corrected chi connectivity index (χ3v) is 2.31. The van der Waals surface area contributed by atoms with Crippen molar-refractivity contribution >= 4 is 11.7 Å². The number of ether oxygens (including phenoxy) is 1. The smallest absolute Gasteiger partial charge is 0.225 e. The number of carbonyl (C=O) groups is 2. The molecule has 4 heteroatoms. The summed E-state index contributed by atoms with van der Waals surface area (Å²) in [5.41, 5.74) is -0.487. The molecule has 0 saturated heterocycles. The maximum absolute atomic E-state index is 11.7. The Hall–Kier alpha value is -0.900. The van der Waals surface area contributed by atoms with Crippen LogP contribution in [0.25, 0.3) is 0 Å². The van der Waals surface area contributed by atoms with E-state index in [1.54, 1.807) is 14.0 Å². The molecule has 88 valence electrons. The maximum atomic E-state index is 11.7. The topological polar surface area (TPSA) is 55.4 Å². The van der Waals surface area contributed by atoms with Crippen LogP contribution in [0.2, 0.25) is 0 Å². The Morgan fingerprint density at radius 3 is 2.40 bits per heavy atom. The van der Waals surface area contributed by atoms with Gasteiger partial charge in [0.05, 0.1) is 6.61 Å². The third kappa shape index (κ3) is 6.23. The molecule has 1 N–H and O–H groups in total. The number of methoxy groups -OCH3 is 1. The Morgan fingerprint density at radius 2 is 1.93 bits per heavy atom. The van der Waals surface area contributed by atoms with Crippen LogP contribution in [0.4, 0.5) is 0 Å². The molecule has 0 aromatic rings. The number of rotatable bonds is 7. The minimum absolute atomic E-state index is 0.0270. The molecule has 0 heterocycles. The van der Waals surface area contributed by atoms with Crippen molar-refractivity contribution in [3.63, 3.8) is 0 Å². The van der Waals surface area contributed by atoms with Gasteiger partial charge >= 0.3 is 0 Å². The molecule has 0 bridgehead atoms. The van der Waals surface area contributed by atoms with Crippen molar-refractivity contribution in [3.8, 4) is 0 Å². The van der Waals surface area contributed by atoms with Gasteiger partial charge in [-0.25, -0.2) is 0 Å². The molecule has 0 aromatic carbocycles. The number of hydrogen-bond acceptors (Lipinski definition) is 3. The summed E-state index contributed by atoms with van der Waals surface area (Å²) in [6, 6.07) is 0. The van der Waals surface area contributed by atoms with Gasteiger partial charge in [-0.15, -0.1) is 0 Å². The fraction of sp³-hybridized carbons (Fsp3) is 0.818. The maximum Gasteiger partial charge on any atom is 0.225 e. The summed E-state index contributed by atoms with van der Waals surface area (Å²) in [6.07, 6.45) is 1.03. The first-order valence-corrected chi connectivity index (χ1v) is 5.17. The molecule has 0 saturated carbocycles. The van der Waals surface area contributed by atoms with Gasteiger partial charge < -0.3 is 14.8 Å². The summed E-state index contributed by atoms with van der Waals surface area (Å²) in [7, 11) is 1.59. The molecule has 0 aromatic heterocycles. The largest absolute Gasteiger partial charge is 0.383 e. The molecular weight excluding hydrogens is 194 g/mol. The standard InChI is InChI=1S/C11H21NO3/c1-9(13)5-6-11(2,3)10(14)12-7-8-15-4/h5-8H2,1-4H3,(H,12,14). The van der Waals surface area contributed by atoms with Gasteiger partial charge in [0.25, 0.3) is 0 Å². The molecular formula is C11H21NO3. The molecule has 0 atom stereocenters. The van der Waals surface area contributed by atoms with E-state index < -0.39 is 5.41 Å². The highest BCUT2D eigenvalue weighted by atomic mass is 16.5. The zero-order chi connectivity index (χ0) is 11.9. The van der Waals surface area contributed by atoms with E-state index in [9.17, 15) is 9.59 Å². The highest BCUT2D eigenvalue weighted by Crippen LogP contribution is 2.22. The van der Waals surface area contributed by atoms with Crippen LogP contribution in [0.1, 0.15) is 33.6 Å². The fourth-order valence-electron chi connectivity index (χ4n) is 1.11. The van der Waals surface area contributed by atoms with E-state index in [4.69, 9.17) is 4.74 Å². The van der Waals surface area contributed by atoms with Crippen molar-refractivity contribution in [3.05, 3.63) is 0 Å². The summed E-state index contributed by atoms with van der Waals surface area (Å²) in [6.45, 7) is 6.25. The predicted molar refractivity (Wildman–Crippen MR) is 58.6 cm³/mol. The zero-order valence-electron chi connectivity index (χ0n) is 10.1. The van der Waals surface area contributed by atoms with Gasteiger partial charge in [0, 0.05) is 25.5 Å². The molecule has 0 spiro atoms. The molecule has 0 radical (unpaired) electrons. The summed E-state index contributed by atoms with van der Waals surface area (Å²) in [4.78, 5) is 22.5. The highest BCUT2D eigenvalue weighted by Gasteiger charge is 2.27. The van der Waals surface area contributed by atoms with Gasteiger partial charge in [0.1, 0.15) is 5.78 Å². The van der Waals surface area contributed by atoms with E-state index in [1.807, 2.05) is 13.8 Å². The number of amides is 1. The number of nitrogens with one attached hydrogen (secondary N) is 1. The van der Waals surface area contributed by atoms with Gasteiger partial charge in [0.2, 0.25) is 5.91 Å². The second-order valence-corrected chi connectivity index (χ2v) is 4.33. The lowest BCUT2D eigenvalue weighted by Gasteiger charge is -2.22. The van der Waals surface area contributed by atoms with Gasteiger partial charge in [0.15, 0.2) is 0 Å². The van der Waals surface area contributed by atoms with Crippen molar-refractivity contribution in [2.45, 2.75) is 33.6 Å². The van der Waals surface area contributed by atoms with E-state index in [2.05, 4.69) is 5.32 Å². The molecule has 0 aliphatic heterocycles. The van der Waals surface area contributed by atoms with Crippen LogP contribution in [0.15, 0.2) is 0 Å². The summed E-state index contributed by atoms with van der Waals surface area (Å²) < 4.78 is 4.83. The third-order valence-electron chi connectivity index (χ3n) is 2.31. The van der Waals surface area contributed by atoms with E-state index in [0.717, 1.165) is 0 Å². The minimum Gasteiger partial charge on any atom is -0.383 e. The van der Waals surface area contributed by atoms with Gasteiger partial charge in [-0.1, -0.05) is 13.8 Å². The lowest BCUT2D eigenvalue weighted by molar-refractivity contribution is -0.130. The molecule has 0 unspecified atom stereocenters. The Balaban J connectivity index is 3.96. The first-order valence-electron chi connectivity index (χ1n) is 5.17. The van der Waals surface area contributed by atoms with Crippen molar-refractivity contribution in [1.82, 2.24) is 5.32 Å². The van der Waals surface area contributed by atoms with E-state index >= 15 is 0 Å². The Labute approximate surface area is 91.4 Å². The lowest BCUT2D eigenvalue weighted by atomic mass is 9.86. The monoisotopic (exact) mass is 215 g/mol. The van der Waals surface area contributed by atoms with E-state index in [-0.39, 0.29) is 11.7 Å². The average Bonchev–Trinajstić information content (AvgIpc) is 2.15. The number of hydrogen-bond donors (Lipinski definition) is 1.